The molecule has 11 heteroatoms. The van der Waals surface area contributed by atoms with Crippen LogP contribution >= 0.6 is 0 Å². The van der Waals surface area contributed by atoms with Gasteiger partial charge in [0.2, 0.25) is 5.89 Å². The van der Waals surface area contributed by atoms with E-state index < -0.39 is 28.0 Å². The van der Waals surface area contributed by atoms with Gasteiger partial charge < -0.3 is 14.0 Å². The minimum atomic E-state index is -3.92. The van der Waals surface area contributed by atoms with Crippen LogP contribution < -0.4 is 0 Å². The smallest absolute Gasteiger partial charge is 0.281 e. The molecule has 0 radical (unpaired) electrons. The third-order valence-electron chi connectivity index (χ3n) is 8.50. The second-order valence-corrected chi connectivity index (χ2v) is 12.3. The van der Waals surface area contributed by atoms with Crippen molar-refractivity contribution in [2.24, 2.45) is 5.16 Å². The molecule has 2 saturated heterocycles. The molecule has 2 aromatic carbocycles. The average molecular weight is 539 g/mol. The molecule has 5 unspecified atom stereocenters. The summed E-state index contributed by atoms with van der Waals surface area (Å²) in [6, 6.07) is 16.7. The molecule has 4 heterocycles. The number of oxazole rings is 1. The molecule has 5 atom stereocenters. The first-order valence-electron chi connectivity index (χ1n) is 12.7. The van der Waals surface area contributed by atoms with E-state index in [2.05, 4.69) is 17.1 Å². The van der Waals surface area contributed by atoms with Gasteiger partial charge in [-0.2, -0.15) is 0 Å². The van der Waals surface area contributed by atoms with Crippen molar-refractivity contribution in [2.75, 3.05) is 26.7 Å². The Morgan fingerprint density at radius 1 is 1.13 bits per heavy atom. The van der Waals surface area contributed by atoms with Crippen LogP contribution in [0.1, 0.15) is 26.7 Å². The maximum atomic E-state index is 14.1. The van der Waals surface area contributed by atoms with Crippen LogP contribution in [0, 0.1) is 0 Å². The lowest BCUT2D eigenvalue weighted by Gasteiger charge is -2.45. The first-order chi connectivity index (χ1) is 18.2. The number of hydrogen-bond acceptors (Lipinski definition) is 8. The van der Waals surface area contributed by atoms with Gasteiger partial charge in [-0.15, -0.1) is 9.42 Å². The molecule has 0 N–H and O–H groups in total. The van der Waals surface area contributed by atoms with Gasteiger partial charge in [0.05, 0.1) is 29.9 Å². The fraction of sp³-hybridized carbons (Fsp3) is 0.407. The average Bonchev–Trinajstić information content (AvgIpc) is 3.71. The van der Waals surface area contributed by atoms with E-state index in [1.165, 1.54) is 4.41 Å². The highest BCUT2D eigenvalue weighted by molar-refractivity contribution is 7.89. The first-order valence-corrected chi connectivity index (χ1v) is 14.2. The molecule has 10 nitrogen and oxygen atoms in total. The predicted molar refractivity (Wildman–Crippen MR) is 140 cm³/mol. The molecule has 3 aliphatic heterocycles. The molecule has 0 saturated carbocycles. The summed E-state index contributed by atoms with van der Waals surface area (Å²) < 4.78 is 42.0. The van der Waals surface area contributed by atoms with Crippen LogP contribution in [-0.4, -0.2) is 78.4 Å². The van der Waals surface area contributed by atoms with Crippen LogP contribution in [0.15, 0.2) is 81.5 Å². The van der Waals surface area contributed by atoms with Crippen LogP contribution in [0.2, 0.25) is 0 Å². The van der Waals surface area contributed by atoms with Crippen LogP contribution in [-0.2, 0) is 25.0 Å². The Bertz CT molecular complexity index is 1460. The maximum absolute atomic E-state index is 14.1. The van der Waals surface area contributed by atoms with E-state index in [4.69, 9.17) is 14.0 Å². The summed E-state index contributed by atoms with van der Waals surface area (Å²) in [5.41, 5.74) is 1.51. The van der Waals surface area contributed by atoms with Crippen LogP contribution in [0.5, 0.6) is 0 Å². The normalized spacial score (nSPS) is 31.4. The molecule has 2 fully saturated rings. The van der Waals surface area contributed by atoms with Crippen LogP contribution in [0.4, 0.5) is 0 Å². The molecule has 1 aromatic heterocycles. The van der Waals surface area contributed by atoms with Gasteiger partial charge in [-0.3, -0.25) is 0 Å². The SMILES string of the molecule is CC1=NOC([N+]23CCN(N(C)S(=O)(=O)c4ccccc4-c4ccccc4)C2OCC3C)C1(C)c1ncco1. The number of fused-ring (bicyclic) bond motifs is 1. The predicted octanol–water partition coefficient (Wildman–Crippen LogP) is 3.40. The topological polar surface area (TPSA) is 97.5 Å². The van der Waals surface area contributed by atoms with Crippen molar-refractivity contribution < 1.29 is 26.9 Å². The summed E-state index contributed by atoms with van der Waals surface area (Å²) in [6.07, 6.45) is 2.08. The van der Waals surface area contributed by atoms with Crippen molar-refractivity contribution in [3.05, 3.63) is 72.9 Å². The van der Waals surface area contributed by atoms with Crippen LogP contribution in [0.25, 0.3) is 11.1 Å². The van der Waals surface area contributed by atoms with Gasteiger partial charge in [0, 0.05) is 12.6 Å². The molecule has 0 spiro atoms. The van der Waals surface area contributed by atoms with E-state index in [1.54, 1.807) is 36.6 Å². The highest BCUT2D eigenvalue weighted by Crippen LogP contribution is 2.48. The van der Waals surface area contributed by atoms with Gasteiger partial charge in [0.15, 0.2) is 5.41 Å². The van der Waals surface area contributed by atoms with Gasteiger partial charge >= 0.3 is 0 Å². The van der Waals surface area contributed by atoms with Crippen molar-refractivity contribution in [1.82, 2.24) is 14.4 Å². The Morgan fingerprint density at radius 2 is 1.87 bits per heavy atom. The third-order valence-corrected chi connectivity index (χ3v) is 10.3. The summed E-state index contributed by atoms with van der Waals surface area (Å²) in [4.78, 5) is 10.8. The Labute approximate surface area is 222 Å². The fourth-order valence-corrected chi connectivity index (χ4v) is 7.60. The Kier molecular flexibility index (Phi) is 5.96. The largest absolute Gasteiger partial charge is 0.448 e. The first kappa shape index (κ1) is 25.2. The van der Waals surface area contributed by atoms with Gasteiger partial charge in [0.25, 0.3) is 22.6 Å². The van der Waals surface area contributed by atoms with E-state index in [0.29, 0.717) is 35.6 Å². The zero-order valence-corrected chi connectivity index (χ0v) is 22.7. The van der Waals surface area contributed by atoms with E-state index >= 15 is 0 Å². The zero-order valence-electron chi connectivity index (χ0n) is 21.9. The van der Waals surface area contributed by atoms with E-state index in [1.807, 2.05) is 56.3 Å². The second kappa shape index (κ2) is 8.99. The summed E-state index contributed by atoms with van der Waals surface area (Å²) in [5, 5.41) is 6.17. The Morgan fingerprint density at radius 3 is 2.61 bits per heavy atom. The Balaban J connectivity index is 1.38. The maximum Gasteiger partial charge on any atom is 0.281 e. The molecule has 3 aromatic rings. The number of hydrazine groups is 1. The number of nitrogens with zero attached hydrogens (tertiary/aromatic N) is 5. The highest BCUT2D eigenvalue weighted by Gasteiger charge is 2.70. The second-order valence-electron chi connectivity index (χ2n) is 10.4. The minimum Gasteiger partial charge on any atom is -0.448 e. The van der Waals surface area contributed by atoms with Crippen molar-refractivity contribution in [1.29, 1.82) is 0 Å². The zero-order chi connectivity index (χ0) is 26.7. The lowest BCUT2D eigenvalue weighted by Crippen LogP contribution is -2.68. The number of oxime groups is 1. The van der Waals surface area contributed by atoms with Crippen LogP contribution in [0.3, 0.4) is 0 Å². The van der Waals surface area contributed by atoms with Crippen molar-refractivity contribution in [3.63, 3.8) is 0 Å². The summed E-state index contributed by atoms with van der Waals surface area (Å²) in [7, 11) is -2.33. The van der Waals surface area contributed by atoms with E-state index in [0.717, 1.165) is 11.3 Å². The monoisotopic (exact) mass is 538 g/mol. The lowest BCUT2D eigenvalue weighted by atomic mass is 9.82. The van der Waals surface area contributed by atoms with Gasteiger partial charge in [-0.05, 0) is 32.4 Å². The molecule has 0 bridgehead atoms. The quantitative estimate of drug-likeness (QED) is 0.444. The molecule has 0 aliphatic carbocycles. The number of quaternary nitrogens is 1. The third kappa shape index (κ3) is 3.43. The number of aromatic nitrogens is 1. The van der Waals surface area contributed by atoms with Crippen molar-refractivity contribution in [3.8, 4) is 11.1 Å². The Hall–Kier alpha value is -3.09. The lowest BCUT2D eigenvalue weighted by molar-refractivity contribution is -1.01. The molecule has 38 heavy (non-hydrogen) atoms. The minimum absolute atomic E-state index is 0.0260. The molecule has 6 rings (SSSR count). The van der Waals surface area contributed by atoms with Crippen molar-refractivity contribution >= 4 is 15.7 Å². The fourth-order valence-electron chi connectivity index (χ4n) is 6.16. The summed E-state index contributed by atoms with van der Waals surface area (Å²) in [6.45, 7) is 7.55. The van der Waals surface area contributed by atoms with Gasteiger partial charge in [-0.1, -0.05) is 53.7 Å². The standard InChI is InChI=1S/C27H32N5O5S/c1-19-18-36-26-31(15-16-32(19,26)25-27(3,20(2)29-37-25)24-28-14-17-35-24)30(4)38(33,34)23-13-9-8-12-22(23)21-10-6-5-7-11-21/h5-14,17,19,25-26H,15-16,18H2,1-4H3/q+1. The van der Waals surface area contributed by atoms with Gasteiger partial charge in [0.1, 0.15) is 18.9 Å². The molecule has 0 amide bonds. The van der Waals surface area contributed by atoms with Crippen molar-refractivity contribution in [2.45, 2.75) is 49.7 Å². The van der Waals surface area contributed by atoms with Gasteiger partial charge in [-0.25, -0.2) is 17.9 Å². The summed E-state index contributed by atoms with van der Waals surface area (Å²) in [5.74, 6) is 0.516. The van der Waals surface area contributed by atoms with E-state index in [-0.39, 0.29) is 10.9 Å². The van der Waals surface area contributed by atoms with E-state index in [9.17, 15) is 8.42 Å². The summed E-state index contributed by atoms with van der Waals surface area (Å²) >= 11 is 0. The number of rotatable bonds is 6. The highest BCUT2D eigenvalue weighted by atomic mass is 32.2. The number of hydrogen-bond donors (Lipinski definition) is 0. The molecule has 3 aliphatic rings. The number of ether oxygens (including phenoxy) is 1. The molecule has 200 valence electrons. The molecular formula is C27H32N5O5S+. The number of benzene rings is 2. The molecular weight excluding hydrogens is 506 g/mol. The number of sulfonamides is 1.